The molecule has 1 aromatic rings. The van der Waals surface area contributed by atoms with E-state index in [0.717, 1.165) is 6.08 Å². The van der Waals surface area contributed by atoms with Crippen LogP contribution >= 0.6 is 0 Å². The summed E-state index contributed by atoms with van der Waals surface area (Å²) in [5.41, 5.74) is 4.91. The molecule has 3 rings (SSSR count). The molecule has 0 aliphatic heterocycles. The average Bonchev–Trinajstić information content (AvgIpc) is 2.65. The lowest BCUT2D eigenvalue weighted by Gasteiger charge is -2.18. The quantitative estimate of drug-likeness (QED) is 0.515. The Morgan fingerprint density at radius 2 is 1.76 bits per heavy atom. The van der Waals surface area contributed by atoms with E-state index in [1.165, 1.54) is 12.1 Å². The van der Waals surface area contributed by atoms with Crippen molar-refractivity contribution in [2.45, 2.75) is 6.42 Å². The minimum Gasteiger partial charge on any atom is -0.395 e. The van der Waals surface area contributed by atoms with Gasteiger partial charge in [0.15, 0.2) is 17.3 Å². The van der Waals surface area contributed by atoms with Crippen molar-refractivity contribution >= 4 is 23.1 Å². The first-order chi connectivity index (χ1) is 12.0. The molecule has 5 nitrogen and oxygen atoms in total. The molecule has 25 heavy (non-hydrogen) atoms. The van der Waals surface area contributed by atoms with Crippen molar-refractivity contribution in [2.24, 2.45) is 11.7 Å². The van der Waals surface area contributed by atoms with Gasteiger partial charge in [0.05, 0.1) is 16.8 Å². The van der Waals surface area contributed by atoms with E-state index in [4.69, 9.17) is 5.73 Å². The molecule has 0 saturated carbocycles. The molecule has 2 aliphatic carbocycles. The van der Waals surface area contributed by atoms with Crippen molar-refractivity contribution in [2.75, 3.05) is 0 Å². The molecule has 0 radical (unpaired) electrons. The molecule has 0 bridgehead atoms. The van der Waals surface area contributed by atoms with Crippen LogP contribution in [0.1, 0.15) is 16.8 Å². The van der Waals surface area contributed by atoms with Crippen LogP contribution in [0.4, 0.5) is 0 Å². The van der Waals surface area contributed by atoms with Crippen LogP contribution < -0.4 is 5.73 Å². The van der Waals surface area contributed by atoms with Gasteiger partial charge < -0.3 is 5.73 Å². The number of Topliss-reactive ketones (excluding diaryl/α,β-unsaturated/α-hetero) is 3. The fraction of sp³-hybridized carbons (Fsp3) is 0.100. The standard InChI is InChI=1S/C20H15NO4/c21-17-16(19(24)13-9-5-2-6-10-13)15(22)11-14(20(17)25)18(23)12-7-3-1-4-8-12/h1-7,9-12H,8,21H2. The van der Waals surface area contributed by atoms with E-state index in [1.54, 1.807) is 36.4 Å². The second-order valence-corrected chi connectivity index (χ2v) is 5.75. The molecule has 5 heteroatoms. The van der Waals surface area contributed by atoms with Gasteiger partial charge in [-0.05, 0) is 6.42 Å². The summed E-state index contributed by atoms with van der Waals surface area (Å²) in [6, 6.07) is 8.08. The van der Waals surface area contributed by atoms with Crippen molar-refractivity contribution < 1.29 is 19.2 Å². The fourth-order valence-electron chi connectivity index (χ4n) is 2.79. The number of carbonyl (C=O) groups excluding carboxylic acids is 4. The SMILES string of the molecule is NC1=C(C(=O)c2ccccc2)C(=O)C=C(C(=O)C2C=CC=CC2)C1=O. The topological polar surface area (TPSA) is 94.3 Å². The maximum absolute atomic E-state index is 12.5. The lowest BCUT2D eigenvalue weighted by Crippen LogP contribution is -2.33. The Kier molecular flexibility index (Phi) is 4.39. The third kappa shape index (κ3) is 3.04. The van der Waals surface area contributed by atoms with Crippen molar-refractivity contribution in [3.05, 3.63) is 83.1 Å². The van der Waals surface area contributed by atoms with Crippen LogP contribution in [-0.4, -0.2) is 23.1 Å². The highest BCUT2D eigenvalue weighted by atomic mass is 16.2. The molecule has 0 aromatic heterocycles. The van der Waals surface area contributed by atoms with Crippen LogP contribution in [0.3, 0.4) is 0 Å². The largest absolute Gasteiger partial charge is 0.395 e. The molecule has 0 saturated heterocycles. The summed E-state index contributed by atoms with van der Waals surface area (Å²) in [6.45, 7) is 0. The van der Waals surface area contributed by atoms with Crippen molar-refractivity contribution in [3.63, 3.8) is 0 Å². The summed E-state index contributed by atoms with van der Waals surface area (Å²) in [6.07, 6.45) is 8.38. The van der Waals surface area contributed by atoms with Gasteiger partial charge >= 0.3 is 0 Å². The summed E-state index contributed by atoms with van der Waals surface area (Å²) < 4.78 is 0. The summed E-state index contributed by atoms with van der Waals surface area (Å²) in [5.74, 6) is -3.09. The van der Waals surface area contributed by atoms with Gasteiger partial charge in [0.25, 0.3) is 0 Å². The van der Waals surface area contributed by atoms with Crippen molar-refractivity contribution in [3.8, 4) is 0 Å². The monoisotopic (exact) mass is 333 g/mol. The van der Waals surface area contributed by atoms with E-state index in [0.29, 0.717) is 6.42 Å². The molecule has 0 heterocycles. The summed E-state index contributed by atoms with van der Waals surface area (Å²) in [5, 5.41) is 0. The van der Waals surface area contributed by atoms with E-state index >= 15 is 0 Å². The highest BCUT2D eigenvalue weighted by Crippen LogP contribution is 2.24. The maximum Gasteiger partial charge on any atom is 0.213 e. The van der Waals surface area contributed by atoms with Gasteiger partial charge in [-0.15, -0.1) is 0 Å². The van der Waals surface area contributed by atoms with Crippen LogP contribution in [0.15, 0.2) is 77.6 Å². The molecular weight excluding hydrogens is 318 g/mol. The highest BCUT2D eigenvalue weighted by Gasteiger charge is 2.35. The average molecular weight is 333 g/mol. The van der Waals surface area contributed by atoms with Crippen LogP contribution in [0.2, 0.25) is 0 Å². The first-order valence-electron chi connectivity index (χ1n) is 7.78. The first-order valence-corrected chi connectivity index (χ1v) is 7.78. The number of ketones is 4. The molecule has 1 unspecified atom stereocenters. The second-order valence-electron chi connectivity index (χ2n) is 5.75. The Labute approximate surface area is 144 Å². The summed E-state index contributed by atoms with van der Waals surface area (Å²) in [7, 11) is 0. The third-order valence-electron chi connectivity index (χ3n) is 4.13. The van der Waals surface area contributed by atoms with Gasteiger partial charge in [-0.1, -0.05) is 54.6 Å². The Balaban J connectivity index is 1.92. The van der Waals surface area contributed by atoms with Gasteiger partial charge in [0, 0.05) is 17.6 Å². The van der Waals surface area contributed by atoms with Crippen LogP contribution in [0.25, 0.3) is 0 Å². The molecule has 1 atom stereocenters. The van der Waals surface area contributed by atoms with E-state index in [-0.39, 0.29) is 16.7 Å². The molecule has 0 spiro atoms. The molecule has 0 amide bonds. The lowest BCUT2D eigenvalue weighted by molar-refractivity contribution is -0.123. The van der Waals surface area contributed by atoms with Gasteiger partial charge in [-0.25, -0.2) is 0 Å². The first kappa shape index (κ1) is 16.5. The highest BCUT2D eigenvalue weighted by molar-refractivity contribution is 6.41. The minimum absolute atomic E-state index is 0.255. The van der Waals surface area contributed by atoms with Gasteiger partial charge in [-0.2, -0.15) is 0 Å². The number of carbonyl (C=O) groups is 4. The van der Waals surface area contributed by atoms with E-state index < -0.39 is 34.7 Å². The molecular formula is C20H15NO4. The Morgan fingerprint density at radius 1 is 1.04 bits per heavy atom. The summed E-state index contributed by atoms with van der Waals surface area (Å²) in [4.78, 5) is 49.9. The molecule has 124 valence electrons. The third-order valence-corrected chi connectivity index (χ3v) is 4.13. The number of nitrogens with two attached hydrogens (primary N) is 1. The predicted octanol–water partition coefficient (Wildman–Crippen LogP) is 1.86. The van der Waals surface area contributed by atoms with E-state index in [9.17, 15) is 19.2 Å². The second kappa shape index (κ2) is 6.65. The summed E-state index contributed by atoms with van der Waals surface area (Å²) >= 11 is 0. The predicted molar refractivity (Wildman–Crippen MR) is 91.5 cm³/mol. The van der Waals surface area contributed by atoms with Crippen LogP contribution in [-0.2, 0) is 14.4 Å². The smallest absolute Gasteiger partial charge is 0.213 e. The maximum atomic E-state index is 12.5. The molecule has 0 fully saturated rings. The van der Waals surface area contributed by atoms with E-state index in [1.807, 2.05) is 6.08 Å². The van der Waals surface area contributed by atoms with Crippen LogP contribution in [0, 0.1) is 5.92 Å². The fourth-order valence-corrected chi connectivity index (χ4v) is 2.79. The Bertz CT molecular complexity index is 901. The normalized spacial score (nSPS) is 19.8. The molecule has 2 aliphatic rings. The number of benzene rings is 1. The van der Waals surface area contributed by atoms with Gasteiger partial charge in [0.2, 0.25) is 5.78 Å². The Morgan fingerprint density at radius 3 is 2.40 bits per heavy atom. The molecule has 1 aromatic carbocycles. The van der Waals surface area contributed by atoms with Crippen molar-refractivity contribution in [1.29, 1.82) is 0 Å². The minimum atomic E-state index is -0.771. The zero-order valence-electron chi connectivity index (χ0n) is 13.3. The van der Waals surface area contributed by atoms with Gasteiger partial charge in [-0.3, -0.25) is 19.2 Å². The molecule has 2 N–H and O–H groups in total. The zero-order valence-corrected chi connectivity index (χ0v) is 13.3. The van der Waals surface area contributed by atoms with E-state index in [2.05, 4.69) is 0 Å². The number of rotatable bonds is 4. The lowest BCUT2D eigenvalue weighted by atomic mass is 9.83. The number of allylic oxidation sites excluding steroid dienone is 7. The zero-order chi connectivity index (χ0) is 18.0. The van der Waals surface area contributed by atoms with Gasteiger partial charge in [0.1, 0.15) is 0 Å². The Hall–Kier alpha value is -3.34. The van der Waals surface area contributed by atoms with Crippen LogP contribution in [0.5, 0.6) is 0 Å². The van der Waals surface area contributed by atoms with Crippen molar-refractivity contribution in [1.82, 2.24) is 0 Å². The number of hydrogen-bond acceptors (Lipinski definition) is 5. The number of hydrogen-bond donors (Lipinski definition) is 1.